The smallest absolute Gasteiger partial charge is 0.328 e. The molecule has 1 aliphatic carbocycles. The van der Waals surface area contributed by atoms with Crippen LogP contribution in [0.25, 0.3) is 5.00 Å². The van der Waals surface area contributed by atoms with E-state index >= 15 is 0 Å². The van der Waals surface area contributed by atoms with Crippen LogP contribution in [-0.2, 0) is 22.4 Å². The van der Waals surface area contributed by atoms with Gasteiger partial charge in [-0.1, -0.05) is 0 Å². The van der Waals surface area contributed by atoms with Gasteiger partial charge in [0.1, 0.15) is 17.4 Å². The number of hydrogen-bond acceptors (Lipinski definition) is 8. The van der Waals surface area contributed by atoms with Crippen LogP contribution in [0.5, 0.6) is 0 Å². The summed E-state index contributed by atoms with van der Waals surface area (Å²) in [5.41, 5.74) is 1.62. The van der Waals surface area contributed by atoms with Crippen LogP contribution in [0.1, 0.15) is 33.6 Å². The van der Waals surface area contributed by atoms with E-state index in [-0.39, 0.29) is 5.91 Å². The first kappa shape index (κ1) is 17.9. The molecule has 10 heteroatoms. The number of nitrogens with zero attached hydrogens (tertiary/aromatic N) is 4. The molecule has 0 aromatic carbocycles. The van der Waals surface area contributed by atoms with Crippen LogP contribution in [0.2, 0.25) is 0 Å². The topological polar surface area (TPSA) is 99.0 Å². The molecule has 3 rings (SSSR count). The van der Waals surface area contributed by atoms with Crippen LogP contribution in [0.3, 0.4) is 0 Å². The third kappa shape index (κ3) is 3.69. The van der Waals surface area contributed by atoms with Crippen molar-refractivity contribution >= 4 is 35.0 Å². The van der Waals surface area contributed by atoms with Gasteiger partial charge in [-0.25, -0.2) is 4.79 Å². The standard InChI is InChI=1S/C15H19N5O3S2/c1-23-15(22)10(6-7-24-2)17-13(21)12-9-4-3-5-11(9)25-14(12)20-8-16-18-19-20/h8,10H,3-7H2,1-2H3,(H,17,21)/t10-/m1/s1. The number of amides is 1. The summed E-state index contributed by atoms with van der Waals surface area (Å²) in [5.74, 6) is 0.0430. The number of thioether (sulfide) groups is 1. The highest BCUT2D eigenvalue weighted by molar-refractivity contribution is 7.98. The van der Waals surface area contributed by atoms with Gasteiger partial charge in [-0.05, 0) is 53.7 Å². The number of thiophene rings is 1. The fourth-order valence-electron chi connectivity index (χ4n) is 2.90. The second-order valence-electron chi connectivity index (χ2n) is 5.62. The zero-order valence-electron chi connectivity index (χ0n) is 14.0. The molecule has 8 nitrogen and oxygen atoms in total. The van der Waals surface area contributed by atoms with Crippen LogP contribution in [0, 0.1) is 0 Å². The van der Waals surface area contributed by atoms with E-state index in [1.54, 1.807) is 11.8 Å². The van der Waals surface area contributed by atoms with E-state index < -0.39 is 12.0 Å². The van der Waals surface area contributed by atoms with Crippen LogP contribution in [0.4, 0.5) is 0 Å². The molecule has 134 valence electrons. The number of hydrogen-bond donors (Lipinski definition) is 1. The van der Waals surface area contributed by atoms with Crippen LogP contribution < -0.4 is 5.32 Å². The van der Waals surface area contributed by atoms with Gasteiger partial charge in [0.25, 0.3) is 5.91 Å². The summed E-state index contributed by atoms with van der Waals surface area (Å²) in [6.07, 6.45) is 6.79. The fraction of sp³-hybridized carbons (Fsp3) is 0.533. The van der Waals surface area contributed by atoms with Crippen LogP contribution in [0.15, 0.2) is 6.33 Å². The first-order chi connectivity index (χ1) is 12.2. The van der Waals surface area contributed by atoms with E-state index in [2.05, 4.69) is 20.8 Å². The molecular formula is C15H19N5O3S2. The Bertz CT molecular complexity index is 760. The molecule has 0 saturated carbocycles. The minimum absolute atomic E-state index is 0.276. The van der Waals surface area contributed by atoms with Gasteiger partial charge >= 0.3 is 5.97 Å². The molecule has 25 heavy (non-hydrogen) atoms. The van der Waals surface area contributed by atoms with Gasteiger partial charge in [-0.15, -0.1) is 16.4 Å². The van der Waals surface area contributed by atoms with Gasteiger partial charge in [-0.3, -0.25) is 4.79 Å². The first-order valence-electron chi connectivity index (χ1n) is 7.91. The van der Waals surface area contributed by atoms with Crippen molar-refractivity contribution in [3.63, 3.8) is 0 Å². The number of aromatic nitrogens is 4. The summed E-state index contributed by atoms with van der Waals surface area (Å²) in [7, 11) is 1.33. The lowest BCUT2D eigenvalue weighted by Crippen LogP contribution is -2.42. The Morgan fingerprint density at radius 1 is 1.48 bits per heavy atom. The van der Waals surface area contributed by atoms with E-state index in [0.29, 0.717) is 17.0 Å². The fourth-order valence-corrected chi connectivity index (χ4v) is 4.67. The second-order valence-corrected chi connectivity index (χ2v) is 7.69. The number of esters is 1. The lowest BCUT2D eigenvalue weighted by Gasteiger charge is -2.16. The van der Waals surface area contributed by atoms with Gasteiger partial charge in [0, 0.05) is 4.88 Å². The maximum atomic E-state index is 13.0. The molecule has 0 radical (unpaired) electrons. The Labute approximate surface area is 153 Å². The summed E-state index contributed by atoms with van der Waals surface area (Å²) in [6, 6.07) is -0.663. The monoisotopic (exact) mass is 381 g/mol. The number of fused-ring (bicyclic) bond motifs is 1. The molecule has 2 aromatic rings. The Kier molecular flexibility index (Phi) is 5.69. The molecule has 2 heterocycles. The van der Waals surface area contributed by atoms with Gasteiger partial charge in [0.2, 0.25) is 0 Å². The molecule has 1 atom stereocenters. The Hall–Kier alpha value is -1.94. The highest BCUT2D eigenvalue weighted by atomic mass is 32.2. The SMILES string of the molecule is COC(=O)[C@@H](CCSC)NC(=O)c1c(-n2cnnn2)sc2c1CCC2. The third-order valence-corrected chi connectivity index (χ3v) is 6.01. The van der Waals surface area contributed by atoms with E-state index in [4.69, 9.17) is 4.74 Å². The molecule has 2 aromatic heterocycles. The number of carbonyl (C=O) groups is 2. The van der Waals surface area contributed by atoms with E-state index in [9.17, 15) is 9.59 Å². The Morgan fingerprint density at radius 2 is 2.32 bits per heavy atom. The molecule has 0 unspecified atom stereocenters. The van der Waals surface area contributed by atoms with Gasteiger partial charge in [0.15, 0.2) is 0 Å². The maximum absolute atomic E-state index is 13.0. The van der Waals surface area contributed by atoms with Crippen molar-refractivity contribution in [1.82, 2.24) is 25.5 Å². The van der Waals surface area contributed by atoms with Gasteiger partial charge in [-0.2, -0.15) is 16.4 Å². The molecule has 0 saturated heterocycles. The Morgan fingerprint density at radius 3 is 3.00 bits per heavy atom. The minimum atomic E-state index is -0.663. The summed E-state index contributed by atoms with van der Waals surface area (Å²) in [4.78, 5) is 26.2. The number of tetrazole rings is 1. The Balaban J connectivity index is 1.89. The lowest BCUT2D eigenvalue weighted by atomic mass is 10.1. The normalized spacial score (nSPS) is 14.2. The molecule has 0 spiro atoms. The van der Waals surface area contributed by atoms with E-state index in [0.717, 1.165) is 30.6 Å². The van der Waals surface area contributed by atoms with Gasteiger partial charge in [0.05, 0.1) is 12.7 Å². The molecule has 0 bridgehead atoms. The van der Waals surface area contributed by atoms with Crippen LogP contribution in [-0.4, -0.2) is 57.2 Å². The number of rotatable bonds is 7. The average Bonchev–Trinajstić information content (AvgIpc) is 3.33. The van der Waals surface area contributed by atoms with Crippen molar-refractivity contribution in [3.05, 3.63) is 22.3 Å². The zero-order valence-corrected chi connectivity index (χ0v) is 15.7. The van der Waals surface area contributed by atoms with E-state index in [1.165, 1.54) is 34.3 Å². The molecular weight excluding hydrogens is 362 g/mol. The number of carbonyl (C=O) groups excluding carboxylic acids is 2. The highest BCUT2D eigenvalue weighted by Gasteiger charge is 2.30. The minimum Gasteiger partial charge on any atom is -0.467 e. The highest BCUT2D eigenvalue weighted by Crippen LogP contribution is 2.37. The van der Waals surface area contributed by atoms with Crippen molar-refractivity contribution < 1.29 is 14.3 Å². The van der Waals surface area contributed by atoms with Crippen molar-refractivity contribution in [2.45, 2.75) is 31.7 Å². The maximum Gasteiger partial charge on any atom is 0.328 e. The zero-order chi connectivity index (χ0) is 17.8. The van der Waals surface area contributed by atoms with Crippen LogP contribution >= 0.6 is 23.1 Å². The van der Waals surface area contributed by atoms with Crippen molar-refractivity contribution in [2.24, 2.45) is 0 Å². The van der Waals surface area contributed by atoms with Crippen molar-refractivity contribution in [1.29, 1.82) is 0 Å². The second kappa shape index (κ2) is 7.96. The van der Waals surface area contributed by atoms with Crippen molar-refractivity contribution in [3.8, 4) is 5.00 Å². The molecule has 1 N–H and O–H groups in total. The number of methoxy groups -OCH3 is 1. The summed E-state index contributed by atoms with van der Waals surface area (Å²) in [6.45, 7) is 0. The number of ether oxygens (including phenoxy) is 1. The lowest BCUT2D eigenvalue weighted by molar-refractivity contribution is -0.142. The molecule has 0 fully saturated rings. The third-order valence-electron chi connectivity index (χ3n) is 4.09. The van der Waals surface area contributed by atoms with Crippen molar-refractivity contribution in [2.75, 3.05) is 19.1 Å². The van der Waals surface area contributed by atoms with Gasteiger partial charge < -0.3 is 10.1 Å². The summed E-state index contributed by atoms with van der Waals surface area (Å²) in [5, 5.41) is 14.8. The quantitative estimate of drug-likeness (QED) is 0.720. The largest absolute Gasteiger partial charge is 0.467 e. The predicted molar refractivity (Wildman–Crippen MR) is 95.3 cm³/mol. The summed E-state index contributed by atoms with van der Waals surface area (Å²) < 4.78 is 6.33. The molecule has 1 amide bonds. The number of aryl methyl sites for hydroxylation is 1. The molecule has 0 aliphatic heterocycles. The first-order valence-corrected chi connectivity index (χ1v) is 10.1. The number of nitrogens with one attached hydrogen (secondary N) is 1. The molecule has 1 aliphatic rings. The average molecular weight is 381 g/mol. The predicted octanol–water partition coefficient (Wildman–Crippen LogP) is 1.24. The van der Waals surface area contributed by atoms with E-state index in [1.807, 2.05) is 6.26 Å². The summed E-state index contributed by atoms with van der Waals surface area (Å²) >= 11 is 3.15.